The SMILES string of the molecule is C#CCCC(CN)c1ccccc1. The Kier molecular flexibility index (Phi) is 4.08. The minimum Gasteiger partial charge on any atom is -0.330 e. The Balaban J connectivity index is 2.63. The van der Waals surface area contributed by atoms with Crippen molar-refractivity contribution in [1.82, 2.24) is 0 Å². The molecule has 0 saturated carbocycles. The summed E-state index contributed by atoms with van der Waals surface area (Å²) in [5, 5.41) is 0. The standard InChI is InChI=1S/C12H15N/c1-2-3-7-12(10-13)11-8-5-4-6-9-11/h1,4-6,8-9,12H,3,7,10,13H2. The molecule has 0 aliphatic carbocycles. The van der Waals surface area contributed by atoms with Gasteiger partial charge in [0.1, 0.15) is 0 Å². The molecule has 0 bridgehead atoms. The maximum absolute atomic E-state index is 5.68. The highest BCUT2D eigenvalue weighted by Crippen LogP contribution is 2.18. The van der Waals surface area contributed by atoms with Crippen molar-refractivity contribution in [3.05, 3.63) is 35.9 Å². The molecule has 13 heavy (non-hydrogen) atoms. The van der Waals surface area contributed by atoms with E-state index < -0.39 is 0 Å². The summed E-state index contributed by atoms with van der Waals surface area (Å²) < 4.78 is 0. The maximum Gasteiger partial charge on any atom is 0.00923 e. The van der Waals surface area contributed by atoms with Crippen LogP contribution < -0.4 is 5.73 Å². The summed E-state index contributed by atoms with van der Waals surface area (Å²) in [6, 6.07) is 10.3. The van der Waals surface area contributed by atoms with Crippen molar-refractivity contribution in [2.45, 2.75) is 18.8 Å². The fourth-order valence-corrected chi connectivity index (χ4v) is 1.40. The molecule has 1 heteroatoms. The van der Waals surface area contributed by atoms with Crippen LogP contribution in [0.15, 0.2) is 30.3 Å². The van der Waals surface area contributed by atoms with E-state index in [-0.39, 0.29) is 0 Å². The van der Waals surface area contributed by atoms with Crippen LogP contribution in [0.5, 0.6) is 0 Å². The van der Waals surface area contributed by atoms with Gasteiger partial charge in [0.15, 0.2) is 0 Å². The van der Waals surface area contributed by atoms with Crippen LogP contribution in [0.25, 0.3) is 0 Å². The third-order valence-corrected chi connectivity index (χ3v) is 2.19. The van der Waals surface area contributed by atoms with E-state index in [1.807, 2.05) is 18.2 Å². The lowest BCUT2D eigenvalue weighted by Gasteiger charge is -2.12. The Bertz CT molecular complexity index is 271. The molecule has 0 aliphatic rings. The van der Waals surface area contributed by atoms with E-state index in [0.29, 0.717) is 12.5 Å². The second kappa shape index (κ2) is 5.40. The topological polar surface area (TPSA) is 26.0 Å². The fraction of sp³-hybridized carbons (Fsp3) is 0.333. The highest BCUT2D eigenvalue weighted by Gasteiger charge is 2.07. The fourth-order valence-electron chi connectivity index (χ4n) is 1.40. The van der Waals surface area contributed by atoms with E-state index in [0.717, 1.165) is 12.8 Å². The molecule has 0 spiro atoms. The van der Waals surface area contributed by atoms with Crippen molar-refractivity contribution >= 4 is 0 Å². The first-order valence-corrected chi connectivity index (χ1v) is 4.57. The summed E-state index contributed by atoms with van der Waals surface area (Å²) in [7, 11) is 0. The zero-order valence-corrected chi connectivity index (χ0v) is 7.74. The number of rotatable bonds is 4. The largest absolute Gasteiger partial charge is 0.330 e. The van der Waals surface area contributed by atoms with Crippen LogP contribution in [0.2, 0.25) is 0 Å². The first kappa shape index (κ1) is 9.83. The summed E-state index contributed by atoms with van der Waals surface area (Å²) in [4.78, 5) is 0. The van der Waals surface area contributed by atoms with E-state index in [4.69, 9.17) is 12.2 Å². The summed E-state index contributed by atoms with van der Waals surface area (Å²) in [6.45, 7) is 0.672. The lowest BCUT2D eigenvalue weighted by Crippen LogP contribution is -2.12. The second-order valence-electron chi connectivity index (χ2n) is 3.09. The van der Waals surface area contributed by atoms with Gasteiger partial charge in [0.05, 0.1) is 0 Å². The van der Waals surface area contributed by atoms with Gasteiger partial charge < -0.3 is 5.73 Å². The summed E-state index contributed by atoms with van der Waals surface area (Å²) in [5.74, 6) is 3.06. The summed E-state index contributed by atoms with van der Waals surface area (Å²) in [6.07, 6.45) is 7.00. The van der Waals surface area contributed by atoms with Gasteiger partial charge in [-0.15, -0.1) is 12.3 Å². The minimum atomic E-state index is 0.414. The molecule has 0 amide bonds. The van der Waals surface area contributed by atoms with Crippen molar-refractivity contribution in [2.24, 2.45) is 5.73 Å². The lowest BCUT2D eigenvalue weighted by molar-refractivity contribution is 0.648. The zero-order chi connectivity index (χ0) is 9.52. The predicted octanol–water partition coefficient (Wildman–Crippen LogP) is 2.14. The first-order chi connectivity index (χ1) is 6.38. The molecule has 0 saturated heterocycles. The molecule has 0 fully saturated rings. The molecule has 2 N–H and O–H groups in total. The minimum absolute atomic E-state index is 0.414. The monoisotopic (exact) mass is 173 g/mol. The Morgan fingerprint density at radius 3 is 2.54 bits per heavy atom. The predicted molar refractivity (Wildman–Crippen MR) is 56.3 cm³/mol. The Morgan fingerprint density at radius 1 is 1.31 bits per heavy atom. The van der Waals surface area contributed by atoms with Gasteiger partial charge >= 0.3 is 0 Å². The number of nitrogens with two attached hydrogens (primary N) is 1. The molecule has 1 aromatic rings. The molecular weight excluding hydrogens is 158 g/mol. The quantitative estimate of drug-likeness (QED) is 0.694. The molecule has 0 radical (unpaired) electrons. The van der Waals surface area contributed by atoms with Crippen LogP contribution in [0, 0.1) is 12.3 Å². The Labute approximate surface area is 80.0 Å². The smallest absolute Gasteiger partial charge is 0.00923 e. The van der Waals surface area contributed by atoms with E-state index in [9.17, 15) is 0 Å². The van der Waals surface area contributed by atoms with Gasteiger partial charge in [0.25, 0.3) is 0 Å². The third kappa shape index (κ3) is 2.93. The first-order valence-electron chi connectivity index (χ1n) is 4.57. The molecule has 0 heterocycles. The number of terminal acetylenes is 1. The molecule has 1 nitrogen and oxygen atoms in total. The van der Waals surface area contributed by atoms with Gasteiger partial charge in [-0.1, -0.05) is 30.3 Å². The van der Waals surface area contributed by atoms with Crippen LogP contribution >= 0.6 is 0 Å². The van der Waals surface area contributed by atoms with E-state index in [2.05, 4.69) is 18.1 Å². The van der Waals surface area contributed by atoms with Gasteiger partial charge in [-0.3, -0.25) is 0 Å². The number of hydrogen-bond acceptors (Lipinski definition) is 1. The number of hydrogen-bond donors (Lipinski definition) is 1. The van der Waals surface area contributed by atoms with Gasteiger partial charge in [-0.2, -0.15) is 0 Å². The molecule has 0 aromatic heterocycles. The van der Waals surface area contributed by atoms with Crippen molar-refractivity contribution in [1.29, 1.82) is 0 Å². The average molecular weight is 173 g/mol. The van der Waals surface area contributed by atoms with Crippen LogP contribution in [-0.4, -0.2) is 6.54 Å². The average Bonchev–Trinajstić information content (AvgIpc) is 2.21. The highest BCUT2D eigenvalue weighted by molar-refractivity contribution is 5.19. The van der Waals surface area contributed by atoms with Crippen LogP contribution in [0.3, 0.4) is 0 Å². The lowest BCUT2D eigenvalue weighted by atomic mass is 9.95. The van der Waals surface area contributed by atoms with Crippen molar-refractivity contribution in [3.63, 3.8) is 0 Å². The summed E-state index contributed by atoms with van der Waals surface area (Å²) in [5.41, 5.74) is 6.97. The number of benzene rings is 1. The molecular formula is C12H15N. The van der Waals surface area contributed by atoms with E-state index in [1.165, 1.54) is 5.56 Å². The van der Waals surface area contributed by atoms with Gasteiger partial charge in [-0.05, 0) is 24.4 Å². The van der Waals surface area contributed by atoms with Crippen LogP contribution in [0.1, 0.15) is 24.3 Å². The molecule has 1 aromatic carbocycles. The third-order valence-electron chi connectivity index (χ3n) is 2.19. The van der Waals surface area contributed by atoms with Crippen molar-refractivity contribution in [3.8, 4) is 12.3 Å². The van der Waals surface area contributed by atoms with Gasteiger partial charge in [0, 0.05) is 6.42 Å². The van der Waals surface area contributed by atoms with E-state index >= 15 is 0 Å². The van der Waals surface area contributed by atoms with Crippen LogP contribution in [0.4, 0.5) is 0 Å². The Hall–Kier alpha value is -1.26. The van der Waals surface area contributed by atoms with Crippen molar-refractivity contribution in [2.75, 3.05) is 6.54 Å². The van der Waals surface area contributed by atoms with Crippen molar-refractivity contribution < 1.29 is 0 Å². The zero-order valence-electron chi connectivity index (χ0n) is 7.74. The molecule has 68 valence electrons. The summed E-state index contributed by atoms with van der Waals surface area (Å²) >= 11 is 0. The van der Waals surface area contributed by atoms with Gasteiger partial charge in [0.2, 0.25) is 0 Å². The molecule has 1 rings (SSSR count). The second-order valence-corrected chi connectivity index (χ2v) is 3.09. The van der Waals surface area contributed by atoms with Gasteiger partial charge in [-0.25, -0.2) is 0 Å². The molecule has 1 unspecified atom stereocenters. The van der Waals surface area contributed by atoms with E-state index in [1.54, 1.807) is 0 Å². The normalized spacial score (nSPS) is 12.0. The highest BCUT2D eigenvalue weighted by atomic mass is 14.5. The molecule has 1 atom stereocenters. The molecule has 0 aliphatic heterocycles. The van der Waals surface area contributed by atoms with Crippen LogP contribution in [-0.2, 0) is 0 Å². The maximum atomic E-state index is 5.68. The Morgan fingerprint density at radius 2 is 2.00 bits per heavy atom.